The maximum Gasteiger partial charge on any atom is 0.387 e. The molecule has 3 nitrogen and oxygen atoms in total. The number of benzene rings is 1. The zero-order chi connectivity index (χ0) is 12.1. The molecule has 0 spiro atoms. The van der Waals surface area contributed by atoms with E-state index in [-0.39, 0.29) is 29.1 Å². The second-order valence-corrected chi connectivity index (χ2v) is 2.95. The fourth-order valence-electron chi connectivity index (χ4n) is 1.25. The molecule has 0 amide bonds. The summed E-state index contributed by atoms with van der Waals surface area (Å²) in [6.07, 6.45) is 0.161. The first-order valence-corrected chi connectivity index (χ1v) is 4.61. The Balaban J connectivity index is 3.27. The van der Waals surface area contributed by atoms with E-state index in [4.69, 9.17) is 5.26 Å². The van der Waals surface area contributed by atoms with Crippen LogP contribution in [0.15, 0.2) is 18.2 Å². The van der Waals surface area contributed by atoms with Crippen LogP contribution >= 0.6 is 0 Å². The Morgan fingerprint density at radius 2 is 2.25 bits per heavy atom. The molecule has 16 heavy (non-hydrogen) atoms. The van der Waals surface area contributed by atoms with E-state index in [1.54, 1.807) is 13.0 Å². The van der Waals surface area contributed by atoms with Crippen LogP contribution in [0.4, 0.5) is 8.78 Å². The third-order valence-corrected chi connectivity index (χ3v) is 1.96. The topological polar surface area (TPSA) is 50.1 Å². The van der Waals surface area contributed by atoms with Gasteiger partial charge in [0.2, 0.25) is 0 Å². The van der Waals surface area contributed by atoms with Crippen molar-refractivity contribution in [3.05, 3.63) is 29.3 Å². The van der Waals surface area contributed by atoms with Crippen LogP contribution in [-0.2, 0) is 0 Å². The summed E-state index contributed by atoms with van der Waals surface area (Å²) in [6, 6.07) is 5.86. The average Bonchev–Trinajstić information content (AvgIpc) is 2.27. The monoisotopic (exact) mass is 225 g/mol. The van der Waals surface area contributed by atoms with Gasteiger partial charge in [0.1, 0.15) is 6.07 Å². The van der Waals surface area contributed by atoms with Crippen molar-refractivity contribution in [2.24, 2.45) is 0 Å². The summed E-state index contributed by atoms with van der Waals surface area (Å²) in [5, 5.41) is 8.72. The molecule has 0 fully saturated rings. The van der Waals surface area contributed by atoms with Crippen molar-refractivity contribution in [3.8, 4) is 11.8 Å². The van der Waals surface area contributed by atoms with Gasteiger partial charge >= 0.3 is 6.61 Å². The molecule has 0 saturated carbocycles. The number of Topliss-reactive ketones (excluding diaryl/α,β-unsaturated/α-hetero) is 1. The Morgan fingerprint density at radius 3 is 2.75 bits per heavy atom. The van der Waals surface area contributed by atoms with Gasteiger partial charge in [0, 0.05) is 6.42 Å². The first-order valence-electron chi connectivity index (χ1n) is 4.61. The van der Waals surface area contributed by atoms with Gasteiger partial charge < -0.3 is 4.74 Å². The second-order valence-electron chi connectivity index (χ2n) is 2.95. The predicted molar refractivity (Wildman–Crippen MR) is 52.4 cm³/mol. The van der Waals surface area contributed by atoms with Crippen LogP contribution in [-0.4, -0.2) is 12.4 Å². The standard InChI is InChI=1S/C11H9F2NO2/c1-2-9(15)8-5-3-4-7(6-14)10(8)16-11(12)13/h3-5,11H,2H2,1H3. The Hall–Kier alpha value is -1.96. The van der Waals surface area contributed by atoms with Gasteiger partial charge in [-0.15, -0.1) is 0 Å². The normalized spacial score (nSPS) is 9.94. The van der Waals surface area contributed by atoms with Crippen LogP contribution in [0.2, 0.25) is 0 Å². The van der Waals surface area contributed by atoms with Crippen LogP contribution in [0.5, 0.6) is 5.75 Å². The van der Waals surface area contributed by atoms with E-state index in [1.165, 1.54) is 18.2 Å². The Morgan fingerprint density at radius 1 is 1.56 bits per heavy atom. The number of ether oxygens (including phenoxy) is 1. The van der Waals surface area contributed by atoms with Crippen LogP contribution < -0.4 is 4.74 Å². The first-order chi connectivity index (χ1) is 7.60. The molecule has 1 aromatic rings. The quantitative estimate of drug-likeness (QED) is 0.740. The van der Waals surface area contributed by atoms with Crippen molar-refractivity contribution in [1.82, 2.24) is 0 Å². The lowest BCUT2D eigenvalue weighted by Crippen LogP contribution is -2.09. The number of ketones is 1. The van der Waals surface area contributed by atoms with Crippen molar-refractivity contribution >= 4 is 5.78 Å². The van der Waals surface area contributed by atoms with Crippen molar-refractivity contribution < 1.29 is 18.3 Å². The van der Waals surface area contributed by atoms with Crippen molar-refractivity contribution in [1.29, 1.82) is 5.26 Å². The van der Waals surface area contributed by atoms with E-state index in [9.17, 15) is 13.6 Å². The van der Waals surface area contributed by atoms with E-state index in [2.05, 4.69) is 4.74 Å². The first kappa shape index (κ1) is 12.1. The molecular weight excluding hydrogens is 216 g/mol. The van der Waals surface area contributed by atoms with Gasteiger partial charge in [0.15, 0.2) is 11.5 Å². The highest BCUT2D eigenvalue weighted by Crippen LogP contribution is 2.26. The minimum atomic E-state index is -3.06. The lowest BCUT2D eigenvalue weighted by molar-refractivity contribution is -0.0503. The number of alkyl halides is 2. The van der Waals surface area contributed by atoms with Crippen molar-refractivity contribution in [2.75, 3.05) is 0 Å². The summed E-state index contributed by atoms with van der Waals surface area (Å²) >= 11 is 0. The summed E-state index contributed by atoms with van der Waals surface area (Å²) in [5.74, 6) is -0.681. The molecule has 0 N–H and O–H groups in total. The van der Waals surface area contributed by atoms with Gasteiger partial charge in [-0.05, 0) is 12.1 Å². The predicted octanol–water partition coefficient (Wildman–Crippen LogP) is 2.75. The number of carbonyl (C=O) groups excluding carboxylic acids is 1. The molecule has 5 heteroatoms. The van der Waals surface area contributed by atoms with Crippen LogP contribution in [0.3, 0.4) is 0 Å². The van der Waals surface area contributed by atoms with Gasteiger partial charge in [-0.25, -0.2) is 0 Å². The SMILES string of the molecule is CCC(=O)c1cccc(C#N)c1OC(F)F. The Kier molecular flexibility index (Phi) is 3.95. The molecule has 1 rings (SSSR count). The van der Waals surface area contributed by atoms with E-state index in [0.717, 1.165) is 0 Å². The van der Waals surface area contributed by atoms with Crippen LogP contribution in [0.25, 0.3) is 0 Å². The molecule has 0 radical (unpaired) electrons. The maximum absolute atomic E-state index is 12.1. The van der Waals surface area contributed by atoms with Crippen LogP contribution in [0, 0.1) is 11.3 Å². The highest BCUT2D eigenvalue weighted by Gasteiger charge is 2.18. The highest BCUT2D eigenvalue weighted by atomic mass is 19.3. The number of para-hydroxylation sites is 1. The molecule has 0 heterocycles. The third kappa shape index (κ3) is 2.54. The molecule has 0 aliphatic carbocycles. The van der Waals surface area contributed by atoms with E-state index >= 15 is 0 Å². The van der Waals surface area contributed by atoms with Gasteiger partial charge in [-0.1, -0.05) is 13.0 Å². The summed E-state index contributed by atoms with van der Waals surface area (Å²) in [5.41, 5.74) is -0.0542. The zero-order valence-corrected chi connectivity index (χ0v) is 8.54. The summed E-state index contributed by atoms with van der Waals surface area (Å²) in [7, 11) is 0. The van der Waals surface area contributed by atoms with E-state index in [0.29, 0.717) is 0 Å². The minimum absolute atomic E-state index is 0.0156. The number of nitriles is 1. The van der Waals surface area contributed by atoms with Gasteiger partial charge in [0.05, 0.1) is 11.1 Å². The van der Waals surface area contributed by atoms with Crippen molar-refractivity contribution in [3.63, 3.8) is 0 Å². The fraction of sp³-hybridized carbons (Fsp3) is 0.273. The number of nitrogens with zero attached hydrogens (tertiary/aromatic N) is 1. The number of carbonyl (C=O) groups is 1. The molecule has 1 aromatic carbocycles. The minimum Gasteiger partial charge on any atom is -0.433 e. The van der Waals surface area contributed by atoms with E-state index in [1.807, 2.05) is 0 Å². The lowest BCUT2D eigenvalue weighted by Gasteiger charge is -2.10. The molecular formula is C11H9F2NO2. The number of rotatable bonds is 4. The maximum atomic E-state index is 12.1. The summed E-state index contributed by atoms with van der Waals surface area (Å²) in [6.45, 7) is -1.45. The van der Waals surface area contributed by atoms with Gasteiger partial charge in [0.25, 0.3) is 0 Å². The fourth-order valence-corrected chi connectivity index (χ4v) is 1.25. The smallest absolute Gasteiger partial charge is 0.387 e. The van der Waals surface area contributed by atoms with Gasteiger partial charge in [-0.2, -0.15) is 14.0 Å². The average molecular weight is 225 g/mol. The number of hydrogen-bond donors (Lipinski definition) is 0. The molecule has 0 bridgehead atoms. The molecule has 0 aromatic heterocycles. The summed E-state index contributed by atoms with van der Waals surface area (Å²) < 4.78 is 28.5. The molecule has 0 saturated heterocycles. The summed E-state index contributed by atoms with van der Waals surface area (Å²) in [4.78, 5) is 11.4. The Labute approximate surface area is 91.3 Å². The largest absolute Gasteiger partial charge is 0.433 e. The number of hydrogen-bond acceptors (Lipinski definition) is 3. The van der Waals surface area contributed by atoms with Gasteiger partial charge in [-0.3, -0.25) is 4.79 Å². The zero-order valence-electron chi connectivity index (χ0n) is 8.54. The van der Waals surface area contributed by atoms with E-state index < -0.39 is 6.61 Å². The van der Waals surface area contributed by atoms with Crippen LogP contribution in [0.1, 0.15) is 29.3 Å². The lowest BCUT2D eigenvalue weighted by atomic mass is 10.0. The second kappa shape index (κ2) is 5.21. The molecule has 84 valence electrons. The highest BCUT2D eigenvalue weighted by molar-refractivity contribution is 5.99. The third-order valence-electron chi connectivity index (χ3n) is 1.96. The molecule has 0 unspecified atom stereocenters. The molecule has 0 aliphatic rings. The molecule has 0 aliphatic heterocycles. The molecule has 0 atom stereocenters. The number of halogens is 2. The van der Waals surface area contributed by atoms with Crippen molar-refractivity contribution in [2.45, 2.75) is 20.0 Å². The Bertz CT molecular complexity index is 438.